The Morgan fingerprint density at radius 1 is 1.41 bits per heavy atom. The molecule has 0 aliphatic carbocycles. The number of fused-ring (bicyclic) bond motifs is 1. The summed E-state index contributed by atoms with van der Waals surface area (Å²) >= 11 is 0. The lowest BCUT2D eigenvalue weighted by Crippen LogP contribution is -2.46. The van der Waals surface area contributed by atoms with E-state index in [4.69, 9.17) is 10.2 Å². The zero-order valence-corrected chi connectivity index (χ0v) is 12.6. The molecule has 1 aliphatic rings. The van der Waals surface area contributed by atoms with Crippen LogP contribution in [0, 0.1) is 11.8 Å². The first-order valence-corrected chi connectivity index (χ1v) is 7.62. The lowest BCUT2D eigenvalue weighted by molar-refractivity contribution is 0.0614. The SMILES string of the molecule is CC1CCN(C(=O)c2cc3ccccc3oc2=O)CC1CN. The van der Waals surface area contributed by atoms with E-state index in [1.54, 1.807) is 23.1 Å². The van der Waals surface area contributed by atoms with Gasteiger partial charge in [0.1, 0.15) is 11.1 Å². The number of hydrogen-bond acceptors (Lipinski definition) is 4. The van der Waals surface area contributed by atoms with Crippen LogP contribution in [-0.4, -0.2) is 30.4 Å². The van der Waals surface area contributed by atoms with Crippen molar-refractivity contribution < 1.29 is 9.21 Å². The van der Waals surface area contributed by atoms with Gasteiger partial charge in [-0.15, -0.1) is 0 Å². The molecule has 1 saturated heterocycles. The van der Waals surface area contributed by atoms with E-state index in [1.807, 2.05) is 12.1 Å². The van der Waals surface area contributed by atoms with Crippen molar-refractivity contribution in [1.29, 1.82) is 0 Å². The summed E-state index contributed by atoms with van der Waals surface area (Å²) in [4.78, 5) is 26.5. The zero-order valence-electron chi connectivity index (χ0n) is 12.6. The van der Waals surface area contributed by atoms with E-state index in [9.17, 15) is 9.59 Å². The molecule has 1 aromatic carbocycles. The van der Waals surface area contributed by atoms with E-state index in [-0.39, 0.29) is 17.4 Å². The first-order valence-electron chi connectivity index (χ1n) is 7.62. The van der Waals surface area contributed by atoms with Gasteiger partial charge in [0.2, 0.25) is 0 Å². The molecule has 22 heavy (non-hydrogen) atoms. The van der Waals surface area contributed by atoms with Crippen LogP contribution in [0.25, 0.3) is 11.0 Å². The molecule has 1 fully saturated rings. The highest BCUT2D eigenvalue weighted by Gasteiger charge is 2.29. The van der Waals surface area contributed by atoms with E-state index < -0.39 is 5.63 Å². The second-order valence-corrected chi connectivity index (χ2v) is 6.00. The summed E-state index contributed by atoms with van der Waals surface area (Å²) in [5.74, 6) is 0.525. The maximum absolute atomic E-state index is 12.7. The third-order valence-electron chi connectivity index (χ3n) is 4.58. The highest BCUT2D eigenvalue weighted by molar-refractivity contribution is 5.96. The van der Waals surface area contributed by atoms with E-state index in [2.05, 4.69) is 6.92 Å². The molecule has 2 unspecified atom stereocenters. The van der Waals surface area contributed by atoms with Crippen LogP contribution in [0.15, 0.2) is 39.5 Å². The highest BCUT2D eigenvalue weighted by Crippen LogP contribution is 2.23. The van der Waals surface area contributed by atoms with Gasteiger partial charge in [-0.2, -0.15) is 0 Å². The van der Waals surface area contributed by atoms with Crippen LogP contribution < -0.4 is 11.4 Å². The number of likely N-dealkylation sites (tertiary alicyclic amines) is 1. The molecular formula is C17H20N2O3. The van der Waals surface area contributed by atoms with Gasteiger partial charge in [-0.1, -0.05) is 25.1 Å². The standard InChI is InChI=1S/C17H20N2O3/c1-11-6-7-19(10-13(11)9-18)16(20)14-8-12-4-2-3-5-15(12)22-17(14)21/h2-5,8,11,13H,6-7,9-10,18H2,1H3. The third-order valence-corrected chi connectivity index (χ3v) is 4.58. The van der Waals surface area contributed by atoms with Gasteiger partial charge < -0.3 is 15.1 Å². The summed E-state index contributed by atoms with van der Waals surface area (Å²) < 4.78 is 5.25. The summed E-state index contributed by atoms with van der Waals surface area (Å²) in [6.07, 6.45) is 0.909. The average Bonchev–Trinajstić information content (AvgIpc) is 2.54. The third kappa shape index (κ3) is 2.64. The van der Waals surface area contributed by atoms with Gasteiger partial charge in [-0.05, 0) is 36.9 Å². The van der Waals surface area contributed by atoms with Gasteiger partial charge in [-0.25, -0.2) is 4.79 Å². The molecule has 5 nitrogen and oxygen atoms in total. The Morgan fingerprint density at radius 2 is 2.18 bits per heavy atom. The maximum Gasteiger partial charge on any atom is 0.349 e. The molecule has 1 aliphatic heterocycles. The second-order valence-electron chi connectivity index (χ2n) is 6.00. The van der Waals surface area contributed by atoms with Gasteiger partial charge in [0.15, 0.2) is 0 Å². The fourth-order valence-electron chi connectivity index (χ4n) is 3.02. The monoisotopic (exact) mass is 300 g/mol. The summed E-state index contributed by atoms with van der Waals surface area (Å²) in [7, 11) is 0. The number of hydrogen-bond donors (Lipinski definition) is 1. The molecule has 0 spiro atoms. The van der Waals surface area contributed by atoms with Crippen molar-refractivity contribution in [1.82, 2.24) is 4.90 Å². The minimum atomic E-state index is -0.577. The van der Waals surface area contributed by atoms with Crippen molar-refractivity contribution in [2.24, 2.45) is 17.6 Å². The predicted octanol–water partition coefficient (Wildman–Crippen LogP) is 1.85. The maximum atomic E-state index is 12.7. The summed E-state index contributed by atoms with van der Waals surface area (Å²) in [6.45, 7) is 3.96. The molecule has 1 aromatic heterocycles. The molecule has 0 saturated carbocycles. The average molecular weight is 300 g/mol. The van der Waals surface area contributed by atoms with Crippen molar-refractivity contribution in [2.45, 2.75) is 13.3 Å². The van der Waals surface area contributed by atoms with Crippen LogP contribution in [0.3, 0.4) is 0 Å². The molecule has 116 valence electrons. The zero-order chi connectivity index (χ0) is 15.7. The Kier molecular flexibility index (Phi) is 3.98. The Balaban J connectivity index is 1.92. The summed E-state index contributed by atoms with van der Waals surface area (Å²) in [6, 6.07) is 8.82. The predicted molar refractivity (Wildman–Crippen MR) is 84.7 cm³/mol. The number of carbonyl (C=O) groups excluding carboxylic acids is 1. The van der Waals surface area contributed by atoms with Crippen LogP contribution in [0.2, 0.25) is 0 Å². The van der Waals surface area contributed by atoms with Crippen molar-refractivity contribution in [2.75, 3.05) is 19.6 Å². The highest BCUT2D eigenvalue weighted by atomic mass is 16.4. The van der Waals surface area contributed by atoms with E-state index in [0.29, 0.717) is 31.1 Å². The molecular weight excluding hydrogens is 280 g/mol. The largest absolute Gasteiger partial charge is 0.422 e. The van der Waals surface area contributed by atoms with E-state index in [1.165, 1.54) is 0 Å². The lowest BCUT2D eigenvalue weighted by Gasteiger charge is -2.36. The summed E-state index contributed by atoms with van der Waals surface area (Å²) in [5, 5.41) is 0.756. The van der Waals surface area contributed by atoms with Gasteiger partial charge in [0.05, 0.1) is 0 Å². The fraction of sp³-hybridized carbons (Fsp3) is 0.412. The molecule has 3 rings (SSSR count). The summed E-state index contributed by atoms with van der Waals surface area (Å²) in [5.41, 5.74) is 5.80. The Labute approximate surface area is 128 Å². The van der Waals surface area contributed by atoms with Gasteiger partial charge in [0.25, 0.3) is 5.91 Å². The first-order chi connectivity index (χ1) is 10.6. The van der Waals surface area contributed by atoms with Crippen LogP contribution in [-0.2, 0) is 0 Å². The molecule has 2 N–H and O–H groups in total. The lowest BCUT2D eigenvalue weighted by atomic mass is 9.87. The topological polar surface area (TPSA) is 76.5 Å². The van der Waals surface area contributed by atoms with E-state index >= 15 is 0 Å². The van der Waals surface area contributed by atoms with Crippen molar-refractivity contribution in [3.05, 3.63) is 46.3 Å². The number of nitrogens with zero attached hydrogens (tertiary/aromatic N) is 1. The minimum Gasteiger partial charge on any atom is -0.422 e. The van der Waals surface area contributed by atoms with Crippen LogP contribution in [0.5, 0.6) is 0 Å². The Morgan fingerprint density at radius 3 is 2.95 bits per heavy atom. The number of amides is 1. The van der Waals surface area contributed by atoms with Gasteiger partial charge in [0, 0.05) is 18.5 Å². The van der Waals surface area contributed by atoms with Crippen molar-refractivity contribution in [3.63, 3.8) is 0 Å². The molecule has 1 amide bonds. The Bertz CT molecular complexity index is 753. The molecule has 5 heteroatoms. The van der Waals surface area contributed by atoms with E-state index in [0.717, 1.165) is 11.8 Å². The number of nitrogens with two attached hydrogens (primary N) is 1. The molecule has 0 bridgehead atoms. The normalized spacial score (nSPS) is 22.0. The fourth-order valence-corrected chi connectivity index (χ4v) is 3.02. The van der Waals surface area contributed by atoms with Crippen LogP contribution in [0.4, 0.5) is 0 Å². The number of piperidine rings is 1. The first kappa shape index (κ1) is 14.8. The molecule has 0 radical (unpaired) electrons. The quantitative estimate of drug-likeness (QED) is 0.859. The Hall–Kier alpha value is -2.14. The number of benzene rings is 1. The number of rotatable bonds is 2. The second kappa shape index (κ2) is 5.93. The molecule has 2 heterocycles. The number of carbonyl (C=O) groups is 1. The number of para-hydroxylation sites is 1. The smallest absolute Gasteiger partial charge is 0.349 e. The molecule has 2 atom stereocenters. The minimum absolute atomic E-state index is 0.101. The van der Waals surface area contributed by atoms with Crippen molar-refractivity contribution >= 4 is 16.9 Å². The van der Waals surface area contributed by atoms with Gasteiger partial charge in [-0.3, -0.25) is 4.79 Å². The van der Waals surface area contributed by atoms with Crippen molar-refractivity contribution in [3.8, 4) is 0 Å². The van der Waals surface area contributed by atoms with Gasteiger partial charge >= 0.3 is 5.63 Å². The van der Waals surface area contributed by atoms with Crippen LogP contribution >= 0.6 is 0 Å². The molecule has 2 aromatic rings. The van der Waals surface area contributed by atoms with Crippen LogP contribution in [0.1, 0.15) is 23.7 Å².